The van der Waals surface area contributed by atoms with Gasteiger partial charge in [-0.05, 0) is 30.5 Å². The Bertz CT molecular complexity index is 579. The fraction of sp³-hybridized carbons (Fsp3) is 0.438. The number of hydrogen-bond acceptors (Lipinski definition) is 3. The van der Waals surface area contributed by atoms with Gasteiger partial charge in [0.1, 0.15) is 5.02 Å². The zero-order valence-corrected chi connectivity index (χ0v) is 13.0. The average Bonchev–Trinajstić information content (AvgIpc) is 2.74. The lowest BCUT2D eigenvalue weighted by Gasteiger charge is -2.14. The summed E-state index contributed by atoms with van der Waals surface area (Å²) in [6.45, 7) is 0. The second kappa shape index (κ2) is 7.94. The first-order valence-electron chi connectivity index (χ1n) is 7.49. The molecule has 0 aliphatic heterocycles. The number of benzene rings is 1. The summed E-state index contributed by atoms with van der Waals surface area (Å²) in [5.74, 6) is -0.162. The molecular formula is C16H19ClN2O3. The van der Waals surface area contributed by atoms with E-state index in [0.29, 0.717) is 5.56 Å². The fourth-order valence-electron chi connectivity index (χ4n) is 2.62. The maximum Gasteiger partial charge on any atom is 0.288 e. The van der Waals surface area contributed by atoms with Crippen LogP contribution >= 0.6 is 11.6 Å². The Labute approximate surface area is 134 Å². The summed E-state index contributed by atoms with van der Waals surface area (Å²) in [5, 5.41) is 13.9. The van der Waals surface area contributed by atoms with Gasteiger partial charge < -0.3 is 5.32 Å². The number of carbonyl (C=O) groups is 1. The highest BCUT2D eigenvalue weighted by Gasteiger charge is 2.14. The summed E-state index contributed by atoms with van der Waals surface area (Å²) in [6, 6.07) is 4.70. The first-order chi connectivity index (χ1) is 10.6. The van der Waals surface area contributed by atoms with Crippen LogP contribution in [0.15, 0.2) is 24.3 Å². The summed E-state index contributed by atoms with van der Waals surface area (Å²) >= 11 is 5.75. The van der Waals surface area contributed by atoms with Crippen LogP contribution in [0.25, 0.3) is 6.08 Å². The quantitative estimate of drug-likeness (QED) is 0.392. The molecule has 0 bridgehead atoms. The smallest absolute Gasteiger partial charge is 0.288 e. The number of nitro groups is 1. The molecule has 1 aromatic rings. The van der Waals surface area contributed by atoms with Crippen molar-refractivity contribution in [3.8, 4) is 0 Å². The average molecular weight is 323 g/mol. The maximum atomic E-state index is 11.9. The molecule has 1 N–H and O–H groups in total. The van der Waals surface area contributed by atoms with Gasteiger partial charge in [0.15, 0.2) is 0 Å². The van der Waals surface area contributed by atoms with Gasteiger partial charge in [0.25, 0.3) is 5.69 Å². The number of carbonyl (C=O) groups excluding carboxylic acids is 1. The second-order valence-electron chi connectivity index (χ2n) is 5.50. The van der Waals surface area contributed by atoms with Crippen LogP contribution in [0.1, 0.15) is 44.1 Å². The Hall–Kier alpha value is -1.88. The van der Waals surface area contributed by atoms with Gasteiger partial charge in [-0.3, -0.25) is 14.9 Å². The minimum Gasteiger partial charge on any atom is -0.350 e. The number of hydrogen-bond donors (Lipinski definition) is 1. The summed E-state index contributed by atoms with van der Waals surface area (Å²) in [7, 11) is 0. The largest absolute Gasteiger partial charge is 0.350 e. The molecule has 5 nitrogen and oxygen atoms in total. The summed E-state index contributed by atoms with van der Waals surface area (Å²) in [4.78, 5) is 22.2. The molecule has 0 spiro atoms. The van der Waals surface area contributed by atoms with E-state index in [9.17, 15) is 14.9 Å². The van der Waals surface area contributed by atoms with Gasteiger partial charge in [-0.25, -0.2) is 0 Å². The molecular weight excluding hydrogens is 304 g/mol. The van der Waals surface area contributed by atoms with E-state index in [-0.39, 0.29) is 22.7 Å². The van der Waals surface area contributed by atoms with E-state index in [4.69, 9.17) is 11.6 Å². The minimum atomic E-state index is -0.536. The van der Waals surface area contributed by atoms with Crippen LogP contribution in [0.5, 0.6) is 0 Å². The van der Waals surface area contributed by atoms with E-state index >= 15 is 0 Å². The van der Waals surface area contributed by atoms with E-state index in [1.165, 1.54) is 31.1 Å². The molecule has 22 heavy (non-hydrogen) atoms. The van der Waals surface area contributed by atoms with Crippen LogP contribution < -0.4 is 5.32 Å². The van der Waals surface area contributed by atoms with Crippen LogP contribution in [0.2, 0.25) is 5.02 Å². The number of amides is 1. The molecule has 1 aromatic carbocycles. The van der Waals surface area contributed by atoms with Crippen molar-refractivity contribution in [2.45, 2.75) is 44.6 Å². The topological polar surface area (TPSA) is 72.2 Å². The molecule has 118 valence electrons. The third-order valence-electron chi connectivity index (χ3n) is 3.80. The Morgan fingerprint density at radius 2 is 1.95 bits per heavy atom. The Morgan fingerprint density at radius 1 is 1.27 bits per heavy atom. The van der Waals surface area contributed by atoms with Gasteiger partial charge in [-0.15, -0.1) is 0 Å². The fourth-order valence-corrected chi connectivity index (χ4v) is 2.80. The first kappa shape index (κ1) is 16.5. The van der Waals surface area contributed by atoms with Crippen molar-refractivity contribution in [2.75, 3.05) is 0 Å². The standard InChI is InChI=1S/C16H19ClN2O3/c17-14-9-7-12(11-15(14)19(21)22)8-10-16(20)18-13-5-3-1-2-4-6-13/h7-11,13H,1-6H2,(H,18,20). The van der Waals surface area contributed by atoms with Gasteiger partial charge >= 0.3 is 0 Å². The molecule has 1 aliphatic carbocycles. The third kappa shape index (κ3) is 4.84. The van der Waals surface area contributed by atoms with Gasteiger partial charge in [-0.2, -0.15) is 0 Å². The zero-order chi connectivity index (χ0) is 15.9. The highest BCUT2D eigenvalue weighted by atomic mass is 35.5. The van der Waals surface area contributed by atoms with Crippen LogP contribution in [-0.4, -0.2) is 16.9 Å². The van der Waals surface area contributed by atoms with Crippen molar-refractivity contribution in [1.82, 2.24) is 5.32 Å². The SMILES string of the molecule is O=C(C=Cc1ccc(Cl)c([N+](=O)[O-])c1)NC1CCCCCC1. The molecule has 1 amide bonds. The van der Waals surface area contributed by atoms with Crippen LogP contribution in [0.3, 0.4) is 0 Å². The highest BCUT2D eigenvalue weighted by molar-refractivity contribution is 6.32. The lowest BCUT2D eigenvalue weighted by molar-refractivity contribution is -0.384. The van der Waals surface area contributed by atoms with Crippen LogP contribution in [0.4, 0.5) is 5.69 Å². The number of nitrogens with one attached hydrogen (secondary N) is 1. The molecule has 0 unspecified atom stereocenters. The molecule has 0 heterocycles. The summed E-state index contributed by atoms with van der Waals surface area (Å²) < 4.78 is 0. The molecule has 1 fully saturated rings. The molecule has 0 aromatic heterocycles. The molecule has 0 atom stereocenters. The third-order valence-corrected chi connectivity index (χ3v) is 4.12. The zero-order valence-electron chi connectivity index (χ0n) is 12.3. The first-order valence-corrected chi connectivity index (χ1v) is 7.86. The van der Waals surface area contributed by atoms with Crippen LogP contribution in [0, 0.1) is 10.1 Å². The number of nitrogens with zero attached hydrogens (tertiary/aromatic N) is 1. The predicted molar refractivity (Wildman–Crippen MR) is 86.8 cm³/mol. The lowest BCUT2D eigenvalue weighted by Crippen LogP contribution is -2.33. The van der Waals surface area contributed by atoms with Crippen molar-refractivity contribution < 1.29 is 9.72 Å². The van der Waals surface area contributed by atoms with E-state index < -0.39 is 4.92 Å². The van der Waals surface area contributed by atoms with Crippen molar-refractivity contribution in [1.29, 1.82) is 0 Å². The Balaban J connectivity index is 1.97. The summed E-state index contributed by atoms with van der Waals surface area (Å²) in [5.41, 5.74) is 0.417. The minimum absolute atomic E-state index is 0.0880. The van der Waals surface area contributed by atoms with Crippen molar-refractivity contribution in [3.05, 3.63) is 45.0 Å². The monoisotopic (exact) mass is 322 g/mol. The van der Waals surface area contributed by atoms with Gasteiger partial charge in [0.2, 0.25) is 5.91 Å². The van der Waals surface area contributed by atoms with Crippen molar-refractivity contribution in [2.24, 2.45) is 0 Å². The Morgan fingerprint density at radius 3 is 2.59 bits per heavy atom. The highest BCUT2D eigenvalue weighted by Crippen LogP contribution is 2.25. The molecule has 0 radical (unpaired) electrons. The van der Waals surface area contributed by atoms with E-state index in [1.807, 2.05) is 0 Å². The van der Waals surface area contributed by atoms with Crippen LogP contribution in [-0.2, 0) is 4.79 Å². The predicted octanol–water partition coefficient (Wildman–Crippen LogP) is 4.10. The Kier molecular flexibility index (Phi) is 5.95. The van der Waals surface area contributed by atoms with Gasteiger partial charge in [0.05, 0.1) is 4.92 Å². The number of halogens is 1. The van der Waals surface area contributed by atoms with Crippen molar-refractivity contribution >= 4 is 29.3 Å². The van der Waals surface area contributed by atoms with E-state index in [0.717, 1.165) is 25.7 Å². The molecule has 6 heteroatoms. The van der Waals surface area contributed by atoms with Gasteiger partial charge in [-0.1, -0.05) is 43.4 Å². The van der Waals surface area contributed by atoms with Gasteiger partial charge in [0, 0.05) is 18.2 Å². The maximum absolute atomic E-state index is 11.9. The van der Waals surface area contributed by atoms with E-state index in [2.05, 4.69) is 5.32 Å². The lowest BCUT2D eigenvalue weighted by atomic mass is 10.1. The number of rotatable bonds is 4. The normalized spacial score (nSPS) is 16.4. The molecule has 1 saturated carbocycles. The number of nitro benzene ring substituents is 1. The molecule has 0 saturated heterocycles. The molecule has 2 rings (SSSR count). The van der Waals surface area contributed by atoms with Crippen molar-refractivity contribution in [3.63, 3.8) is 0 Å². The second-order valence-corrected chi connectivity index (χ2v) is 5.91. The summed E-state index contributed by atoms with van der Waals surface area (Å²) in [6.07, 6.45) is 9.79. The van der Waals surface area contributed by atoms with E-state index in [1.54, 1.807) is 12.1 Å². The molecule has 1 aliphatic rings.